The van der Waals surface area contributed by atoms with Crippen LogP contribution in [-0.2, 0) is 4.79 Å². The van der Waals surface area contributed by atoms with Crippen molar-refractivity contribution in [1.29, 1.82) is 15.8 Å². The normalized spacial score (nSPS) is 21.4. The number of allylic oxidation sites excluding steroid dienone is 2. The van der Waals surface area contributed by atoms with Crippen LogP contribution >= 0.6 is 0 Å². The van der Waals surface area contributed by atoms with Gasteiger partial charge in [-0.1, -0.05) is 19.1 Å². The lowest BCUT2D eigenvalue weighted by Gasteiger charge is -2.45. The number of carbonyl (C=O) groups is 1. The molecule has 1 aliphatic carbocycles. The molecule has 3 rings (SSSR count). The van der Waals surface area contributed by atoms with Gasteiger partial charge in [-0.05, 0) is 29.7 Å². The van der Waals surface area contributed by atoms with Gasteiger partial charge in [0.1, 0.15) is 6.07 Å². The van der Waals surface area contributed by atoms with Gasteiger partial charge in [0.05, 0.1) is 37.1 Å². The zero-order chi connectivity index (χ0) is 23.5. The van der Waals surface area contributed by atoms with E-state index in [1.54, 1.807) is 29.2 Å². The Kier molecular flexibility index (Phi) is 6.42. The zero-order valence-corrected chi connectivity index (χ0v) is 18.4. The average molecular weight is 431 g/mol. The first-order valence-corrected chi connectivity index (χ1v) is 10.4. The molecule has 1 heterocycles. The Hall–Kier alpha value is -3.96. The van der Waals surface area contributed by atoms with Crippen molar-refractivity contribution in [2.24, 2.45) is 17.1 Å². The number of amides is 1. The van der Waals surface area contributed by atoms with Crippen molar-refractivity contribution in [1.82, 2.24) is 4.90 Å². The van der Waals surface area contributed by atoms with Crippen LogP contribution in [0.3, 0.4) is 0 Å². The predicted molar refractivity (Wildman–Crippen MR) is 116 cm³/mol. The summed E-state index contributed by atoms with van der Waals surface area (Å²) >= 11 is 0. The maximum atomic E-state index is 12.1. The Morgan fingerprint density at radius 3 is 2.56 bits per heavy atom. The Balaban J connectivity index is 2.25. The Morgan fingerprint density at radius 2 is 2.00 bits per heavy atom. The first-order chi connectivity index (χ1) is 15.4. The highest BCUT2D eigenvalue weighted by Crippen LogP contribution is 2.54. The number of nitrogens with zero attached hydrogens (tertiary/aromatic N) is 4. The molecule has 1 aliphatic heterocycles. The van der Waals surface area contributed by atoms with Crippen molar-refractivity contribution in [3.63, 3.8) is 0 Å². The minimum absolute atomic E-state index is 0.0564. The number of fused-ring (bicyclic) bond motifs is 1. The molecular weight excluding hydrogens is 406 g/mol. The minimum Gasteiger partial charge on any atom is -0.493 e. The van der Waals surface area contributed by atoms with Gasteiger partial charge in [0, 0.05) is 31.8 Å². The molecule has 0 spiro atoms. The summed E-state index contributed by atoms with van der Waals surface area (Å²) in [7, 11) is 1.52. The molecule has 0 saturated carbocycles. The van der Waals surface area contributed by atoms with Gasteiger partial charge in [-0.3, -0.25) is 4.79 Å². The van der Waals surface area contributed by atoms with Gasteiger partial charge in [0.15, 0.2) is 16.9 Å². The van der Waals surface area contributed by atoms with E-state index < -0.39 is 17.3 Å². The summed E-state index contributed by atoms with van der Waals surface area (Å²) in [5, 5.41) is 30.1. The summed E-state index contributed by atoms with van der Waals surface area (Å²) in [6.07, 6.45) is 2.62. The summed E-state index contributed by atoms with van der Waals surface area (Å²) in [4.78, 5) is 13.7. The minimum atomic E-state index is -1.77. The number of nitrogens with two attached hydrogens (primary N) is 1. The fourth-order valence-electron chi connectivity index (χ4n) is 4.52. The molecule has 1 unspecified atom stereocenters. The van der Waals surface area contributed by atoms with Crippen LogP contribution in [0.5, 0.6) is 11.5 Å². The maximum absolute atomic E-state index is 12.1. The van der Waals surface area contributed by atoms with Gasteiger partial charge in [0.25, 0.3) is 0 Å². The van der Waals surface area contributed by atoms with Crippen LogP contribution in [-0.4, -0.2) is 37.6 Å². The van der Waals surface area contributed by atoms with Crippen molar-refractivity contribution in [3.8, 4) is 29.7 Å². The summed E-state index contributed by atoms with van der Waals surface area (Å²) in [5.74, 6) is -0.266. The van der Waals surface area contributed by atoms with E-state index in [-0.39, 0.29) is 23.7 Å². The van der Waals surface area contributed by atoms with Gasteiger partial charge in [-0.2, -0.15) is 15.8 Å². The van der Waals surface area contributed by atoms with Crippen LogP contribution in [0.25, 0.3) is 0 Å². The van der Waals surface area contributed by atoms with Crippen LogP contribution in [0.15, 0.2) is 41.1 Å². The van der Waals surface area contributed by atoms with Crippen molar-refractivity contribution in [2.45, 2.75) is 26.2 Å². The largest absolute Gasteiger partial charge is 0.493 e. The number of rotatable bonds is 5. The number of hydrogen-bond acceptors (Lipinski definition) is 7. The van der Waals surface area contributed by atoms with E-state index in [2.05, 4.69) is 18.2 Å². The van der Waals surface area contributed by atoms with E-state index in [1.807, 2.05) is 6.92 Å². The lowest BCUT2D eigenvalue weighted by molar-refractivity contribution is -0.129. The zero-order valence-electron chi connectivity index (χ0n) is 18.4. The third kappa shape index (κ3) is 3.53. The maximum Gasteiger partial charge on any atom is 0.219 e. The highest BCUT2D eigenvalue weighted by molar-refractivity contribution is 5.74. The third-order valence-corrected chi connectivity index (χ3v) is 6.12. The Bertz CT molecular complexity index is 1100. The Morgan fingerprint density at radius 1 is 1.28 bits per heavy atom. The first-order valence-electron chi connectivity index (χ1n) is 10.4. The Labute approximate surface area is 187 Å². The van der Waals surface area contributed by atoms with E-state index in [1.165, 1.54) is 14.0 Å². The van der Waals surface area contributed by atoms with Gasteiger partial charge in [0.2, 0.25) is 5.91 Å². The number of ether oxygens (including phenoxy) is 2. The molecule has 32 heavy (non-hydrogen) atoms. The van der Waals surface area contributed by atoms with Gasteiger partial charge >= 0.3 is 0 Å². The highest BCUT2D eigenvalue weighted by atomic mass is 16.5. The van der Waals surface area contributed by atoms with E-state index in [0.29, 0.717) is 35.8 Å². The summed E-state index contributed by atoms with van der Waals surface area (Å²) in [6.45, 7) is 4.59. The summed E-state index contributed by atoms with van der Waals surface area (Å²) in [6, 6.07) is 11.6. The number of benzene rings is 1. The van der Waals surface area contributed by atoms with E-state index >= 15 is 0 Å². The van der Waals surface area contributed by atoms with Gasteiger partial charge < -0.3 is 20.1 Å². The SMILES string of the molecule is CCCOc1ccc([C@H]2C3CN(C(C)=O)CC=C3C(C#N)=C(N)C2(C#N)C#N)cc1OC. The standard InChI is InChI=1S/C24H25N5O3/c1-4-9-32-20-6-5-16(10-21(20)31-3)22-19-12-29(15(2)30)8-7-17(19)18(11-25)23(28)24(22,13-26)14-27/h5-7,10,19,22H,4,8-9,12,28H2,1-3H3/t19?,22-/m0/s1. The third-order valence-electron chi connectivity index (χ3n) is 6.12. The van der Waals surface area contributed by atoms with Gasteiger partial charge in [-0.15, -0.1) is 0 Å². The van der Waals surface area contributed by atoms with Crippen molar-refractivity contribution >= 4 is 5.91 Å². The molecule has 0 bridgehead atoms. The van der Waals surface area contributed by atoms with Crippen LogP contribution in [0.2, 0.25) is 0 Å². The second-order valence-electron chi connectivity index (χ2n) is 7.86. The van der Waals surface area contributed by atoms with Crippen molar-refractivity contribution < 1.29 is 14.3 Å². The number of carbonyl (C=O) groups excluding carboxylic acids is 1. The second-order valence-corrected chi connectivity index (χ2v) is 7.86. The molecule has 1 aromatic rings. The van der Waals surface area contributed by atoms with E-state index in [0.717, 1.165) is 6.42 Å². The molecule has 2 atom stereocenters. The molecule has 8 nitrogen and oxygen atoms in total. The lowest BCUT2D eigenvalue weighted by Crippen LogP contribution is -2.48. The fourth-order valence-corrected chi connectivity index (χ4v) is 4.52. The monoisotopic (exact) mass is 431 g/mol. The molecule has 0 fully saturated rings. The van der Waals surface area contributed by atoms with Crippen LogP contribution in [0.1, 0.15) is 31.7 Å². The topological polar surface area (TPSA) is 136 Å². The van der Waals surface area contributed by atoms with Crippen molar-refractivity contribution in [3.05, 3.63) is 46.7 Å². The fraction of sp³-hybridized carbons (Fsp3) is 0.417. The molecule has 8 heteroatoms. The smallest absolute Gasteiger partial charge is 0.219 e. The molecular formula is C24H25N5O3. The molecule has 2 N–H and O–H groups in total. The predicted octanol–water partition coefficient (Wildman–Crippen LogP) is 2.76. The molecule has 0 saturated heterocycles. The summed E-state index contributed by atoms with van der Waals surface area (Å²) < 4.78 is 11.2. The molecule has 0 aromatic heterocycles. The van der Waals surface area contributed by atoms with Crippen LogP contribution in [0.4, 0.5) is 0 Å². The highest BCUT2D eigenvalue weighted by Gasteiger charge is 2.54. The van der Waals surface area contributed by atoms with Crippen molar-refractivity contribution in [2.75, 3.05) is 26.8 Å². The molecule has 1 aromatic carbocycles. The van der Waals surface area contributed by atoms with E-state index in [9.17, 15) is 20.6 Å². The van der Waals surface area contributed by atoms with Gasteiger partial charge in [-0.25, -0.2) is 0 Å². The quantitative estimate of drug-likeness (QED) is 0.757. The molecule has 164 valence electrons. The lowest BCUT2D eigenvalue weighted by atomic mass is 9.58. The number of nitriles is 3. The first kappa shape index (κ1) is 22.7. The average Bonchev–Trinajstić information content (AvgIpc) is 2.81. The molecule has 2 aliphatic rings. The summed E-state index contributed by atoms with van der Waals surface area (Å²) in [5.41, 5.74) is 5.95. The number of methoxy groups -OCH3 is 1. The van der Waals surface area contributed by atoms with Crippen LogP contribution < -0.4 is 15.2 Å². The van der Waals surface area contributed by atoms with Crippen LogP contribution in [0, 0.1) is 45.3 Å². The molecule has 0 radical (unpaired) electrons. The number of hydrogen-bond donors (Lipinski definition) is 1. The second kappa shape index (κ2) is 9.04. The van der Waals surface area contributed by atoms with E-state index in [4.69, 9.17) is 15.2 Å². The molecule has 1 amide bonds.